The summed E-state index contributed by atoms with van der Waals surface area (Å²) in [6.45, 7) is 7.26. The Kier molecular flexibility index (Phi) is 5.79. The van der Waals surface area contributed by atoms with Gasteiger partial charge in [0, 0.05) is 18.0 Å². The Morgan fingerprint density at radius 2 is 2.24 bits per heavy atom. The number of nitrogens with zero attached hydrogens (tertiary/aromatic N) is 1. The maximum Gasteiger partial charge on any atom is 0.264 e. The second-order valence-electron chi connectivity index (χ2n) is 5.62. The number of morpholine rings is 1. The van der Waals surface area contributed by atoms with Gasteiger partial charge in [-0.25, -0.2) is 0 Å². The van der Waals surface area contributed by atoms with Crippen LogP contribution in [0.1, 0.15) is 47.3 Å². The predicted molar refractivity (Wildman–Crippen MR) is 85.0 cm³/mol. The summed E-state index contributed by atoms with van der Waals surface area (Å²) < 4.78 is 5.60. The normalized spacial score (nSPS) is 22.6. The van der Waals surface area contributed by atoms with Gasteiger partial charge in [0.2, 0.25) is 0 Å². The molecule has 1 N–H and O–H groups in total. The maximum absolute atomic E-state index is 12.7. The fourth-order valence-corrected chi connectivity index (χ4v) is 4.10. The lowest BCUT2D eigenvalue weighted by Crippen LogP contribution is -2.50. The van der Waals surface area contributed by atoms with Crippen LogP contribution in [0.25, 0.3) is 0 Å². The van der Waals surface area contributed by atoms with Gasteiger partial charge in [-0.15, -0.1) is 11.3 Å². The molecule has 1 fully saturated rings. The second-order valence-corrected chi connectivity index (χ2v) is 6.76. The van der Waals surface area contributed by atoms with Crippen molar-refractivity contribution in [2.24, 2.45) is 0 Å². The van der Waals surface area contributed by atoms with Gasteiger partial charge in [0.05, 0.1) is 23.7 Å². The molecule has 21 heavy (non-hydrogen) atoms. The van der Waals surface area contributed by atoms with Crippen molar-refractivity contribution in [3.63, 3.8) is 0 Å². The van der Waals surface area contributed by atoms with Crippen molar-refractivity contribution in [1.29, 1.82) is 0 Å². The first-order valence-electron chi connectivity index (χ1n) is 7.76. The van der Waals surface area contributed by atoms with Crippen LogP contribution in [0.5, 0.6) is 0 Å². The number of hydrogen-bond acceptors (Lipinski definition) is 4. The lowest BCUT2D eigenvalue weighted by atomic mass is 10.1. The summed E-state index contributed by atoms with van der Waals surface area (Å²) in [6, 6.07) is 2.05. The molecule has 4 nitrogen and oxygen atoms in total. The summed E-state index contributed by atoms with van der Waals surface area (Å²) in [6.07, 6.45) is 2.82. The molecule has 1 saturated heterocycles. The number of thiophene rings is 1. The molecule has 2 atom stereocenters. The second kappa shape index (κ2) is 7.38. The number of rotatable bonds is 5. The van der Waals surface area contributed by atoms with Gasteiger partial charge >= 0.3 is 0 Å². The topological polar surface area (TPSA) is 49.8 Å². The SMILES string of the molecule is CCCc1sc(C(=O)N2CC(C)OC(CO)C2)cc1CC. The zero-order valence-electron chi connectivity index (χ0n) is 13.1. The number of ether oxygens (including phenoxy) is 1. The molecule has 0 aliphatic carbocycles. The van der Waals surface area contributed by atoms with Crippen molar-refractivity contribution in [2.75, 3.05) is 19.7 Å². The molecule has 0 saturated carbocycles. The monoisotopic (exact) mass is 311 g/mol. The largest absolute Gasteiger partial charge is 0.394 e. The third kappa shape index (κ3) is 3.84. The van der Waals surface area contributed by atoms with E-state index >= 15 is 0 Å². The molecule has 2 unspecified atom stereocenters. The molecule has 0 aromatic carbocycles. The van der Waals surface area contributed by atoms with E-state index in [1.54, 1.807) is 11.3 Å². The Balaban J connectivity index is 2.15. The summed E-state index contributed by atoms with van der Waals surface area (Å²) in [7, 11) is 0. The van der Waals surface area contributed by atoms with E-state index in [1.807, 2.05) is 17.9 Å². The van der Waals surface area contributed by atoms with E-state index in [2.05, 4.69) is 13.8 Å². The molecule has 1 aliphatic rings. The van der Waals surface area contributed by atoms with Crippen molar-refractivity contribution in [3.8, 4) is 0 Å². The first-order chi connectivity index (χ1) is 10.1. The van der Waals surface area contributed by atoms with Crippen LogP contribution in [-0.2, 0) is 17.6 Å². The highest BCUT2D eigenvalue weighted by Gasteiger charge is 2.29. The minimum absolute atomic E-state index is 0.0272. The van der Waals surface area contributed by atoms with Crippen LogP contribution in [0, 0.1) is 0 Å². The average Bonchev–Trinajstić information content (AvgIpc) is 2.89. The molecule has 1 aliphatic heterocycles. The summed E-state index contributed by atoms with van der Waals surface area (Å²) >= 11 is 1.63. The lowest BCUT2D eigenvalue weighted by Gasteiger charge is -2.35. The molecule has 2 rings (SSSR count). The van der Waals surface area contributed by atoms with E-state index < -0.39 is 0 Å². The van der Waals surface area contributed by atoms with E-state index in [4.69, 9.17) is 4.74 Å². The molecule has 118 valence electrons. The Morgan fingerprint density at radius 3 is 2.86 bits per heavy atom. The number of amides is 1. The molecule has 1 aromatic rings. The highest BCUT2D eigenvalue weighted by molar-refractivity contribution is 7.14. The predicted octanol–water partition coefficient (Wildman–Crippen LogP) is 2.48. The summed E-state index contributed by atoms with van der Waals surface area (Å²) in [4.78, 5) is 16.7. The number of aryl methyl sites for hydroxylation is 2. The van der Waals surface area contributed by atoms with Crippen LogP contribution in [0.4, 0.5) is 0 Å². The zero-order chi connectivity index (χ0) is 15.4. The van der Waals surface area contributed by atoms with E-state index in [9.17, 15) is 9.90 Å². The van der Waals surface area contributed by atoms with Gasteiger partial charge in [0.15, 0.2) is 0 Å². The Labute approximate surface area is 130 Å². The number of carbonyl (C=O) groups excluding carboxylic acids is 1. The van der Waals surface area contributed by atoms with Crippen molar-refractivity contribution in [1.82, 2.24) is 4.90 Å². The molecule has 0 radical (unpaired) electrons. The van der Waals surface area contributed by atoms with Crippen molar-refractivity contribution >= 4 is 17.2 Å². The van der Waals surface area contributed by atoms with E-state index in [1.165, 1.54) is 10.4 Å². The smallest absolute Gasteiger partial charge is 0.264 e. The molecule has 1 amide bonds. The highest BCUT2D eigenvalue weighted by atomic mass is 32.1. The van der Waals surface area contributed by atoms with Crippen LogP contribution >= 0.6 is 11.3 Å². The van der Waals surface area contributed by atoms with Crippen LogP contribution in [0.2, 0.25) is 0 Å². The minimum atomic E-state index is -0.265. The van der Waals surface area contributed by atoms with Crippen LogP contribution < -0.4 is 0 Å². The van der Waals surface area contributed by atoms with Crippen LogP contribution in [0.15, 0.2) is 6.07 Å². The van der Waals surface area contributed by atoms with Gasteiger partial charge in [-0.2, -0.15) is 0 Å². The van der Waals surface area contributed by atoms with Crippen molar-refractivity contribution in [3.05, 3.63) is 21.4 Å². The Morgan fingerprint density at radius 1 is 1.48 bits per heavy atom. The summed E-state index contributed by atoms with van der Waals surface area (Å²) in [5, 5.41) is 9.27. The third-order valence-corrected chi connectivity index (χ3v) is 5.01. The number of carbonyl (C=O) groups is 1. The third-order valence-electron chi connectivity index (χ3n) is 3.78. The van der Waals surface area contributed by atoms with Gasteiger partial charge in [-0.3, -0.25) is 4.79 Å². The van der Waals surface area contributed by atoms with Crippen LogP contribution in [-0.4, -0.2) is 47.8 Å². The fraction of sp³-hybridized carbons (Fsp3) is 0.688. The molecular weight excluding hydrogens is 286 g/mol. The van der Waals surface area contributed by atoms with E-state index in [0.717, 1.165) is 24.1 Å². The Bertz CT molecular complexity index is 486. The minimum Gasteiger partial charge on any atom is -0.394 e. The molecule has 1 aromatic heterocycles. The van der Waals surface area contributed by atoms with E-state index in [0.29, 0.717) is 13.1 Å². The van der Waals surface area contributed by atoms with Gasteiger partial charge in [0.1, 0.15) is 0 Å². The summed E-state index contributed by atoms with van der Waals surface area (Å²) in [5.74, 6) is 0.0747. The summed E-state index contributed by atoms with van der Waals surface area (Å²) in [5.41, 5.74) is 1.30. The number of hydrogen-bond donors (Lipinski definition) is 1. The zero-order valence-corrected chi connectivity index (χ0v) is 13.9. The fourth-order valence-electron chi connectivity index (χ4n) is 2.78. The van der Waals surface area contributed by atoms with Gasteiger partial charge in [-0.05, 0) is 31.4 Å². The Hall–Kier alpha value is -0.910. The number of aliphatic hydroxyl groups is 1. The molecule has 2 heterocycles. The molecule has 0 spiro atoms. The lowest BCUT2D eigenvalue weighted by molar-refractivity contribution is -0.0857. The standard InChI is InChI=1S/C16H25NO3S/c1-4-6-14-12(5-2)7-15(21-14)16(19)17-8-11(3)20-13(9-17)10-18/h7,11,13,18H,4-6,8-10H2,1-3H3. The molecule has 0 bridgehead atoms. The van der Waals surface area contributed by atoms with Crippen molar-refractivity contribution in [2.45, 2.75) is 52.2 Å². The number of aliphatic hydroxyl groups excluding tert-OH is 1. The average molecular weight is 311 g/mol. The first kappa shape index (κ1) is 16.5. The first-order valence-corrected chi connectivity index (χ1v) is 8.57. The maximum atomic E-state index is 12.7. The van der Waals surface area contributed by atoms with Gasteiger partial charge in [0.25, 0.3) is 5.91 Å². The molecular formula is C16H25NO3S. The van der Waals surface area contributed by atoms with Gasteiger partial charge < -0.3 is 14.7 Å². The van der Waals surface area contributed by atoms with Crippen molar-refractivity contribution < 1.29 is 14.6 Å². The van der Waals surface area contributed by atoms with Gasteiger partial charge in [-0.1, -0.05) is 20.3 Å². The molecule has 5 heteroatoms. The highest BCUT2D eigenvalue weighted by Crippen LogP contribution is 2.26. The quantitative estimate of drug-likeness (QED) is 0.909. The van der Waals surface area contributed by atoms with Crippen LogP contribution in [0.3, 0.4) is 0 Å². The van der Waals surface area contributed by atoms with E-state index in [-0.39, 0.29) is 24.7 Å².